The Hall–Kier alpha value is -4.66. The van der Waals surface area contributed by atoms with E-state index in [0.717, 1.165) is 57.4 Å². The largest absolute Gasteiger partial charge is 0.489 e. The summed E-state index contributed by atoms with van der Waals surface area (Å²) in [6, 6.07) is 12.3. The Bertz CT molecular complexity index is 1770. The van der Waals surface area contributed by atoms with E-state index in [2.05, 4.69) is 30.1 Å². The number of pyridine rings is 3. The molecule has 1 saturated carbocycles. The first kappa shape index (κ1) is 22.5. The first-order chi connectivity index (χ1) is 18.7. The van der Waals surface area contributed by atoms with Gasteiger partial charge in [-0.25, -0.2) is 14.4 Å². The van der Waals surface area contributed by atoms with E-state index in [4.69, 9.17) is 9.72 Å². The molecule has 2 N–H and O–H groups in total. The first-order valence-corrected chi connectivity index (χ1v) is 12.8. The van der Waals surface area contributed by atoms with Crippen molar-refractivity contribution < 1.29 is 9.13 Å². The van der Waals surface area contributed by atoms with Crippen molar-refractivity contribution in [1.82, 2.24) is 35.1 Å². The van der Waals surface area contributed by atoms with Crippen molar-refractivity contribution >= 4 is 22.1 Å². The number of aromatic nitrogens is 7. The van der Waals surface area contributed by atoms with E-state index in [9.17, 15) is 4.39 Å². The topological polar surface area (TPSA) is 105 Å². The van der Waals surface area contributed by atoms with Gasteiger partial charge in [0.15, 0.2) is 11.5 Å². The standard InChI is InChI=1S/C29H24FN7O/c30-19-6-4-5-17(11-19)22-9-10-32-28-26(22)34-29(35-28)27-23-13-24(33-16-25(23)36-37-27)18-12-21(15-31-14-18)38-20-7-2-1-3-8-20/h4-6,9-16,20H,1-3,7-8H2,(H,36,37)(H,32,34,35). The van der Waals surface area contributed by atoms with Crippen LogP contribution in [0.4, 0.5) is 4.39 Å². The van der Waals surface area contributed by atoms with Crippen LogP contribution in [-0.2, 0) is 0 Å². The van der Waals surface area contributed by atoms with Gasteiger partial charge in [-0.2, -0.15) is 5.10 Å². The zero-order valence-electron chi connectivity index (χ0n) is 20.5. The van der Waals surface area contributed by atoms with E-state index >= 15 is 0 Å². The summed E-state index contributed by atoms with van der Waals surface area (Å²) in [4.78, 5) is 21.5. The third-order valence-electron chi connectivity index (χ3n) is 7.06. The molecule has 5 heterocycles. The Balaban J connectivity index is 1.26. The molecule has 0 bridgehead atoms. The molecular formula is C29H24FN7O. The third-order valence-corrected chi connectivity index (χ3v) is 7.06. The molecule has 1 aromatic carbocycles. The van der Waals surface area contributed by atoms with Crippen LogP contribution in [0.1, 0.15) is 32.1 Å². The Morgan fingerprint density at radius 1 is 0.921 bits per heavy atom. The normalized spacial score (nSPS) is 14.3. The number of imidazole rings is 1. The van der Waals surface area contributed by atoms with Crippen LogP contribution in [0.5, 0.6) is 5.75 Å². The number of halogens is 1. The maximum Gasteiger partial charge on any atom is 0.178 e. The molecule has 38 heavy (non-hydrogen) atoms. The number of hydrogen-bond donors (Lipinski definition) is 2. The second-order valence-electron chi connectivity index (χ2n) is 9.63. The minimum atomic E-state index is -0.298. The summed E-state index contributed by atoms with van der Waals surface area (Å²) in [7, 11) is 0. The maximum atomic E-state index is 13.9. The van der Waals surface area contributed by atoms with Gasteiger partial charge in [-0.15, -0.1) is 0 Å². The van der Waals surface area contributed by atoms with E-state index in [1.807, 2.05) is 24.3 Å². The van der Waals surface area contributed by atoms with Gasteiger partial charge in [-0.3, -0.25) is 15.1 Å². The number of benzene rings is 1. The Morgan fingerprint density at radius 2 is 1.84 bits per heavy atom. The predicted octanol–water partition coefficient (Wildman–Crippen LogP) is 6.48. The van der Waals surface area contributed by atoms with Crippen LogP contribution in [0.2, 0.25) is 0 Å². The van der Waals surface area contributed by atoms with E-state index in [1.54, 1.807) is 30.9 Å². The number of fused-ring (bicyclic) bond motifs is 2. The highest BCUT2D eigenvalue weighted by Crippen LogP contribution is 2.33. The van der Waals surface area contributed by atoms with Crippen molar-refractivity contribution in [2.75, 3.05) is 0 Å². The number of hydrogen-bond acceptors (Lipinski definition) is 6. The fourth-order valence-electron chi connectivity index (χ4n) is 5.17. The maximum absolute atomic E-state index is 13.9. The first-order valence-electron chi connectivity index (χ1n) is 12.8. The van der Waals surface area contributed by atoms with E-state index in [1.165, 1.54) is 31.4 Å². The monoisotopic (exact) mass is 505 g/mol. The van der Waals surface area contributed by atoms with Crippen LogP contribution in [0.15, 0.2) is 67.3 Å². The lowest BCUT2D eigenvalue weighted by Crippen LogP contribution is -2.19. The highest BCUT2D eigenvalue weighted by Gasteiger charge is 2.18. The number of nitrogens with one attached hydrogen (secondary N) is 2. The lowest BCUT2D eigenvalue weighted by molar-refractivity contribution is 0.154. The van der Waals surface area contributed by atoms with Crippen LogP contribution < -0.4 is 4.74 Å². The highest BCUT2D eigenvalue weighted by atomic mass is 19.1. The van der Waals surface area contributed by atoms with Gasteiger partial charge in [-0.1, -0.05) is 18.6 Å². The molecule has 0 amide bonds. The smallest absolute Gasteiger partial charge is 0.178 e. The van der Waals surface area contributed by atoms with Gasteiger partial charge in [0, 0.05) is 28.9 Å². The fourth-order valence-corrected chi connectivity index (χ4v) is 5.17. The van der Waals surface area contributed by atoms with Crippen LogP contribution in [0.3, 0.4) is 0 Å². The second-order valence-corrected chi connectivity index (χ2v) is 9.63. The average Bonchev–Trinajstić information content (AvgIpc) is 3.57. The number of nitrogens with zero attached hydrogens (tertiary/aromatic N) is 5. The van der Waals surface area contributed by atoms with E-state index in [-0.39, 0.29) is 11.9 Å². The number of H-pyrrole nitrogens is 2. The lowest BCUT2D eigenvalue weighted by atomic mass is 9.98. The van der Waals surface area contributed by atoms with Gasteiger partial charge in [-0.05, 0) is 61.6 Å². The summed E-state index contributed by atoms with van der Waals surface area (Å²) in [5.41, 5.74) is 5.87. The van der Waals surface area contributed by atoms with Crippen LogP contribution >= 0.6 is 0 Å². The van der Waals surface area contributed by atoms with Crippen molar-refractivity contribution in [2.45, 2.75) is 38.2 Å². The Kier molecular flexibility index (Phi) is 5.53. The van der Waals surface area contributed by atoms with Crippen LogP contribution in [-0.4, -0.2) is 41.2 Å². The van der Waals surface area contributed by atoms with Gasteiger partial charge in [0.2, 0.25) is 0 Å². The molecule has 0 spiro atoms. The molecular weight excluding hydrogens is 481 g/mol. The molecule has 0 radical (unpaired) electrons. The summed E-state index contributed by atoms with van der Waals surface area (Å²) in [5, 5.41) is 8.43. The molecule has 0 aliphatic heterocycles. The Morgan fingerprint density at radius 3 is 2.74 bits per heavy atom. The van der Waals surface area contributed by atoms with Crippen molar-refractivity contribution in [2.24, 2.45) is 0 Å². The SMILES string of the molecule is Fc1cccc(-c2ccnc3nc(-c4n[nH]c5cnc(-c6cncc(OC7CCCCC7)c6)cc45)[nH]c23)c1. The third kappa shape index (κ3) is 4.15. The van der Waals surface area contributed by atoms with Gasteiger partial charge in [0.1, 0.15) is 17.3 Å². The number of rotatable bonds is 5. The van der Waals surface area contributed by atoms with Crippen LogP contribution in [0, 0.1) is 5.82 Å². The van der Waals surface area contributed by atoms with Crippen LogP contribution in [0.25, 0.3) is 56.0 Å². The summed E-state index contributed by atoms with van der Waals surface area (Å²) >= 11 is 0. The van der Waals surface area contributed by atoms with Crippen molar-refractivity contribution in [1.29, 1.82) is 0 Å². The molecule has 9 heteroatoms. The van der Waals surface area contributed by atoms with Gasteiger partial charge in [0.25, 0.3) is 0 Å². The van der Waals surface area contributed by atoms with Crippen molar-refractivity contribution in [3.05, 3.63) is 73.1 Å². The molecule has 5 aromatic heterocycles. The zero-order valence-corrected chi connectivity index (χ0v) is 20.5. The number of ether oxygens (including phenoxy) is 1. The minimum absolute atomic E-state index is 0.246. The molecule has 188 valence electrons. The Labute approximate surface area is 217 Å². The molecule has 1 fully saturated rings. The van der Waals surface area contributed by atoms with Crippen molar-refractivity contribution in [3.8, 4) is 39.7 Å². The molecule has 0 unspecified atom stereocenters. The summed E-state index contributed by atoms with van der Waals surface area (Å²) in [6.45, 7) is 0. The zero-order chi connectivity index (χ0) is 25.5. The molecule has 0 saturated heterocycles. The molecule has 6 aromatic rings. The predicted molar refractivity (Wildman–Crippen MR) is 143 cm³/mol. The molecule has 0 atom stereocenters. The average molecular weight is 506 g/mol. The summed E-state index contributed by atoms with van der Waals surface area (Å²) in [5.74, 6) is 1.03. The highest BCUT2D eigenvalue weighted by molar-refractivity contribution is 5.96. The molecule has 8 nitrogen and oxygen atoms in total. The minimum Gasteiger partial charge on any atom is -0.489 e. The van der Waals surface area contributed by atoms with Gasteiger partial charge < -0.3 is 9.72 Å². The molecule has 1 aliphatic rings. The van der Waals surface area contributed by atoms with E-state index in [0.29, 0.717) is 17.2 Å². The lowest BCUT2D eigenvalue weighted by Gasteiger charge is -2.22. The van der Waals surface area contributed by atoms with Gasteiger partial charge in [0.05, 0.1) is 35.2 Å². The summed E-state index contributed by atoms with van der Waals surface area (Å²) < 4.78 is 20.1. The number of aromatic amines is 2. The fraction of sp³-hybridized carbons (Fsp3) is 0.207. The second kappa shape index (κ2) is 9.33. The van der Waals surface area contributed by atoms with Gasteiger partial charge >= 0.3 is 0 Å². The van der Waals surface area contributed by atoms with Crippen molar-refractivity contribution in [3.63, 3.8) is 0 Å². The summed E-state index contributed by atoms with van der Waals surface area (Å²) in [6.07, 6.45) is 13.1. The molecule has 1 aliphatic carbocycles. The quantitative estimate of drug-likeness (QED) is 0.278. The molecule has 7 rings (SSSR count). The van der Waals surface area contributed by atoms with E-state index < -0.39 is 0 Å².